The fourth-order valence-electron chi connectivity index (χ4n) is 5.27. The highest BCUT2D eigenvalue weighted by atomic mass is 19.1. The van der Waals surface area contributed by atoms with Gasteiger partial charge in [-0.05, 0) is 49.9 Å². The van der Waals surface area contributed by atoms with Crippen molar-refractivity contribution in [3.63, 3.8) is 0 Å². The molecule has 0 radical (unpaired) electrons. The normalized spacial score (nSPS) is 47.6. The average Bonchev–Trinajstić information content (AvgIpc) is 2.46. The number of alkyl halides is 1. The van der Waals surface area contributed by atoms with Crippen LogP contribution in [-0.2, 0) is 4.79 Å². The van der Waals surface area contributed by atoms with Gasteiger partial charge >= 0.3 is 5.97 Å². The lowest BCUT2D eigenvalue weighted by atomic mass is 9.63. The van der Waals surface area contributed by atoms with Gasteiger partial charge in [-0.1, -0.05) is 26.2 Å². The van der Waals surface area contributed by atoms with Crippen LogP contribution in [0.25, 0.3) is 0 Å². The predicted octanol–water partition coefficient (Wildman–Crippen LogP) is 3.38. The third kappa shape index (κ3) is 2.96. The van der Waals surface area contributed by atoms with E-state index < -0.39 is 12.1 Å². The van der Waals surface area contributed by atoms with Crippen LogP contribution in [0.3, 0.4) is 0 Å². The van der Waals surface area contributed by atoms with Crippen LogP contribution >= 0.6 is 0 Å². The average molecular weight is 297 g/mol. The molecule has 1 aliphatic heterocycles. The first-order valence-electron chi connectivity index (χ1n) is 8.71. The molecule has 0 bridgehead atoms. The van der Waals surface area contributed by atoms with Gasteiger partial charge in [-0.25, -0.2) is 4.39 Å². The maximum atomic E-state index is 13.8. The number of carbonyl (C=O) groups is 1. The lowest BCUT2D eigenvalue weighted by Crippen LogP contribution is -2.61. The summed E-state index contributed by atoms with van der Waals surface area (Å²) < 4.78 is 13.8. The van der Waals surface area contributed by atoms with Crippen molar-refractivity contribution in [2.45, 2.75) is 76.5 Å². The van der Waals surface area contributed by atoms with Crippen molar-refractivity contribution in [1.82, 2.24) is 5.32 Å². The van der Waals surface area contributed by atoms with Crippen LogP contribution in [0.5, 0.6) is 0 Å². The highest BCUT2D eigenvalue weighted by molar-refractivity contribution is 5.71. The van der Waals surface area contributed by atoms with Crippen molar-refractivity contribution in [3.05, 3.63) is 0 Å². The molecule has 2 N–H and O–H groups in total. The van der Waals surface area contributed by atoms with Crippen LogP contribution < -0.4 is 5.32 Å². The van der Waals surface area contributed by atoms with Gasteiger partial charge in [0.25, 0.3) is 0 Å². The lowest BCUT2D eigenvalue weighted by Gasteiger charge is -2.50. The first-order chi connectivity index (χ1) is 10.1. The van der Waals surface area contributed by atoms with Crippen LogP contribution in [0, 0.1) is 23.7 Å². The second kappa shape index (κ2) is 6.23. The van der Waals surface area contributed by atoms with E-state index >= 15 is 0 Å². The van der Waals surface area contributed by atoms with Crippen LogP contribution in [-0.4, -0.2) is 29.3 Å². The number of hydrogen-bond donors (Lipinski definition) is 2. The van der Waals surface area contributed by atoms with Gasteiger partial charge in [-0.15, -0.1) is 0 Å². The van der Waals surface area contributed by atoms with Crippen LogP contribution in [0.2, 0.25) is 0 Å². The summed E-state index contributed by atoms with van der Waals surface area (Å²) in [7, 11) is 0. The summed E-state index contributed by atoms with van der Waals surface area (Å²) in [6.07, 6.45) is 7.07. The van der Waals surface area contributed by atoms with Gasteiger partial charge in [0.15, 0.2) is 0 Å². The van der Waals surface area contributed by atoms with Crippen molar-refractivity contribution < 1.29 is 14.3 Å². The van der Waals surface area contributed by atoms with E-state index in [4.69, 9.17) is 0 Å². The molecule has 4 heteroatoms. The molecular formula is C17H28FNO2. The van der Waals surface area contributed by atoms with E-state index in [0.717, 1.165) is 32.1 Å². The molecule has 3 fully saturated rings. The van der Waals surface area contributed by atoms with Crippen molar-refractivity contribution in [1.29, 1.82) is 0 Å². The molecule has 0 aromatic carbocycles. The zero-order valence-electron chi connectivity index (χ0n) is 12.9. The summed E-state index contributed by atoms with van der Waals surface area (Å²) in [6, 6.07) is 0.519. The number of rotatable bonds is 2. The Balaban J connectivity index is 1.79. The Bertz CT molecular complexity index is 389. The Hall–Kier alpha value is -0.640. The summed E-state index contributed by atoms with van der Waals surface area (Å²) >= 11 is 0. The minimum absolute atomic E-state index is 0.108. The lowest BCUT2D eigenvalue weighted by molar-refractivity contribution is -0.150. The Kier molecular flexibility index (Phi) is 4.53. The molecule has 3 nitrogen and oxygen atoms in total. The fraction of sp³-hybridized carbons (Fsp3) is 0.941. The molecule has 7 unspecified atom stereocenters. The summed E-state index contributed by atoms with van der Waals surface area (Å²) in [5.74, 6) is -0.196. The number of hydrogen-bond acceptors (Lipinski definition) is 2. The van der Waals surface area contributed by atoms with Crippen LogP contribution in [0.15, 0.2) is 0 Å². The maximum Gasteiger partial charge on any atom is 0.307 e. The van der Waals surface area contributed by atoms with Gasteiger partial charge in [0, 0.05) is 12.1 Å². The molecule has 0 aromatic heterocycles. The number of carboxylic acid groups (broad SMARTS) is 1. The minimum Gasteiger partial charge on any atom is -0.481 e. The zero-order chi connectivity index (χ0) is 15.0. The number of fused-ring (bicyclic) bond motifs is 1. The van der Waals surface area contributed by atoms with E-state index in [1.807, 2.05) is 0 Å². The van der Waals surface area contributed by atoms with Crippen molar-refractivity contribution in [2.24, 2.45) is 23.7 Å². The third-order valence-electron chi connectivity index (χ3n) is 6.26. The van der Waals surface area contributed by atoms with Crippen LogP contribution in [0.1, 0.15) is 58.3 Å². The Morgan fingerprint density at radius 3 is 2.62 bits per heavy atom. The van der Waals surface area contributed by atoms with Gasteiger partial charge in [0.1, 0.15) is 6.17 Å². The summed E-state index contributed by atoms with van der Waals surface area (Å²) in [5.41, 5.74) is 0. The second-order valence-corrected chi connectivity index (χ2v) is 7.49. The van der Waals surface area contributed by atoms with Crippen molar-refractivity contribution in [2.75, 3.05) is 0 Å². The molecule has 1 saturated heterocycles. The second-order valence-electron chi connectivity index (χ2n) is 7.49. The summed E-state index contributed by atoms with van der Waals surface area (Å²) in [6.45, 7) is 2.07. The van der Waals surface area contributed by atoms with E-state index in [0.29, 0.717) is 24.8 Å². The zero-order valence-corrected chi connectivity index (χ0v) is 12.9. The van der Waals surface area contributed by atoms with Gasteiger partial charge in [-0.2, -0.15) is 0 Å². The molecule has 7 atom stereocenters. The minimum atomic E-state index is -0.690. The smallest absolute Gasteiger partial charge is 0.307 e. The third-order valence-corrected chi connectivity index (χ3v) is 6.26. The molecule has 21 heavy (non-hydrogen) atoms. The number of aliphatic carboxylic acids is 1. The quantitative estimate of drug-likeness (QED) is 0.821. The SMILES string of the molecule is CC1C(C2CCCC(F)C2)NC2CCCCC2C1C(=O)O. The van der Waals surface area contributed by atoms with Crippen molar-refractivity contribution >= 4 is 5.97 Å². The molecular weight excluding hydrogens is 269 g/mol. The Morgan fingerprint density at radius 2 is 1.90 bits per heavy atom. The topological polar surface area (TPSA) is 49.3 Å². The van der Waals surface area contributed by atoms with Gasteiger partial charge < -0.3 is 10.4 Å². The molecule has 0 aromatic rings. The molecule has 2 aliphatic carbocycles. The molecule has 3 aliphatic rings. The molecule has 0 spiro atoms. The first-order valence-corrected chi connectivity index (χ1v) is 8.71. The van der Waals surface area contributed by atoms with Gasteiger partial charge in [-0.3, -0.25) is 4.79 Å². The molecule has 120 valence electrons. The number of piperidine rings is 1. The Morgan fingerprint density at radius 1 is 1.14 bits per heavy atom. The van der Waals surface area contributed by atoms with E-state index in [9.17, 15) is 14.3 Å². The molecule has 2 saturated carbocycles. The fourth-order valence-corrected chi connectivity index (χ4v) is 5.27. The maximum absolute atomic E-state index is 13.8. The number of halogens is 1. The van der Waals surface area contributed by atoms with E-state index in [1.54, 1.807) is 0 Å². The van der Waals surface area contributed by atoms with Crippen LogP contribution in [0.4, 0.5) is 4.39 Å². The van der Waals surface area contributed by atoms with Gasteiger partial charge in [0.05, 0.1) is 5.92 Å². The monoisotopic (exact) mass is 297 g/mol. The molecule has 1 heterocycles. The summed E-state index contributed by atoms with van der Waals surface area (Å²) in [4.78, 5) is 11.8. The highest BCUT2D eigenvalue weighted by Crippen LogP contribution is 2.43. The molecule has 0 amide bonds. The van der Waals surface area contributed by atoms with E-state index in [1.165, 1.54) is 6.42 Å². The van der Waals surface area contributed by atoms with E-state index in [2.05, 4.69) is 12.2 Å². The standard InChI is InChI=1S/C17H28FNO2/c1-10-15(17(20)21)13-7-2-3-8-14(13)19-16(10)11-5-4-6-12(18)9-11/h10-16,19H,2-9H2,1H3,(H,20,21). The number of carboxylic acids is 1. The van der Waals surface area contributed by atoms with Crippen molar-refractivity contribution in [3.8, 4) is 0 Å². The highest BCUT2D eigenvalue weighted by Gasteiger charge is 2.48. The Labute approximate surface area is 126 Å². The van der Waals surface area contributed by atoms with Gasteiger partial charge in [0.2, 0.25) is 0 Å². The molecule has 3 rings (SSSR count). The predicted molar refractivity (Wildman–Crippen MR) is 79.8 cm³/mol. The van der Waals surface area contributed by atoms with E-state index in [-0.39, 0.29) is 23.8 Å². The largest absolute Gasteiger partial charge is 0.481 e. The first kappa shape index (κ1) is 15.3. The number of nitrogens with one attached hydrogen (secondary N) is 1. The summed E-state index contributed by atoms with van der Waals surface area (Å²) in [5, 5.41) is 13.5.